The molecule has 8 rings (SSSR count). The first-order valence-electron chi connectivity index (χ1n) is 26.4. The maximum Gasteiger partial charge on any atom is 0.350 e. The van der Waals surface area contributed by atoms with Crippen LogP contribution in [0.5, 0.6) is 34.5 Å². The highest BCUT2D eigenvalue weighted by atomic mass is 19.1. The van der Waals surface area contributed by atoms with Crippen LogP contribution in [0.2, 0.25) is 0 Å². The number of hydrogen-bond acceptors (Lipinski definition) is 11. The number of carbonyl (C=O) groups excluding carboxylic acids is 3. The highest BCUT2D eigenvalue weighted by Crippen LogP contribution is 2.30. The third kappa shape index (κ3) is 15.6. The number of ether oxygens (including phenoxy) is 7. The molecule has 1 N–H and O–H groups in total. The van der Waals surface area contributed by atoms with Gasteiger partial charge in [0.2, 0.25) is 11.2 Å². The van der Waals surface area contributed by atoms with Gasteiger partial charge in [-0.05, 0) is 116 Å². The second-order valence-electron chi connectivity index (χ2n) is 20.0. The Morgan fingerprint density at radius 2 is 0.975 bits per heavy atom. The van der Waals surface area contributed by atoms with E-state index in [9.17, 15) is 33.1 Å². The molecule has 0 radical (unpaired) electrons. The van der Waals surface area contributed by atoms with Crippen LogP contribution >= 0.6 is 0 Å². The Morgan fingerprint density at radius 1 is 0.562 bits per heavy atom. The third-order valence-electron chi connectivity index (χ3n) is 14.0. The molecule has 0 spiro atoms. The number of carbonyl (C=O) groups is 4. The summed E-state index contributed by atoms with van der Waals surface area (Å²) in [4.78, 5) is 57.5. The molecule has 2 aliphatic heterocycles. The first-order valence-corrected chi connectivity index (χ1v) is 26.4. The van der Waals surface area contributed by atoms with Crippen LogP contribution in [0.3, 0.4) is 0 Å². The minimum absolute atomic E-state index is 0.00979. The fourth-order valence-corrected chi connectivity index (χ4v) is 9.43. The highest BCUT2D eigenvalue weighted by molar-refractivity contribution is 5.80. The van der Waals surface area contributed by atoms with E-state index in [1.54, 1.807) is 87.4 Å². The topological polar surface area (TPSA) is 166 Å². The Balaban J connectivity index is 0.000000231. The maximum atomic E-state index is 14.3. The van der Waals surface area contributed by atoms with Gasteiger partial charge in [0.1, 0.15) is 23.0 Å². The lowest BCUT2D eigenvalue weighted by molar-refractivity contribution is -0.160. The van der Waals surface area contributed by atoms with Gasteiger partial charge in [0, 0.05) is 66.0 Å². The lowest BCUT2D eigenvalue weighted by atomic mass is 9.96. The van der Waals surface area contributed by atoms with Crippen molar-refractivity contribution in [2.45, 2.75) is 82.8 Å². The molecule has 2 heterocycles. The van der Waals surface area contributed by atoms with Crippen LogP contribution in [-0.4, -0.2) is 133 Å². The predicted molar refractivity (Wildman–Crippen MR) is 296 cm³/mol. The number of benzene rings is 6. The zero-order chi connectivity index (χ0) is 57.4. The number of esters is 1. The van der Waals surface area contributed by atoms with Crippen molar-refractivity contribution in [3.63, 3.8) is 0 Å². The van der Waals surface area contributed by atoms with Crippen molar-refractivity contribution in [2.75, 3.05) is 61.2 Å². The monoisotopic (exact) mass is 1100 g/mol. The van der Waals surface area contributed by atoms with E-state index in [4.69, 9.17) is 33.2 Å². The minimum Gasteiger partial charge on any atom is -0.497 e. The Hall–Kier alpha value is -8.54. The largest absolute Gasteiger partial charge is 0.497 e. The van der Waals surface area contributed by atoms with Crippen LogP contribution in [0.15, 0.2) is 146 Å². The lowest BCUT2D eigenvalue weighted by Crippen LogP contribution is -2.45. The molecule has 0 bridgehead atoms. The fourth-order valence-electron chi connectivity index (χ4n) is 9.43. The van der Waals surface area contributed by atoms with Crippen LogP contribution in [0.1, 0.15) is 55.9 Å². The van der Waals surface area contributed by atoms with Crippen LogP contribution < -0.4 is 28.4 Å². The Morgan fingerprint density at radius 3 is 1.38 bits per heavy atom. The molecule has 2 saturated heterocycles. The molecule has 4 amide bonds. The van der Waals surface area contributed by atoms with Gasteiger partial charge in [-0.15, -0.1) is 0 Å². The molecule has 6 aromatic rings. The number of para-hydroxylation sites is 2. The average molecular weight is 1100 g/mol. The Labute approximate surface area is 466 Å². The van der Waals surface area contributed by atoms with Gasteiger partial charge in [-0.2, -0.15) is 0 Å². The van der Waals surface area contributed by atoms with Gasteiger partial charge in [0.25, 0.3) is 0 Å². The van der Waals surface area contributed by atoms with Crippen molar-refractivity contribution in [2.24, 2.45) is 0 Å². The van der Waals surface area contributed by atoms with E-state index in [1.165, 1.54) is 37.3 Å². The predicted octanol–water partition coefficient (Wildman–Crippen LogP) is 10.5. The summed E-state index contributed by atoms with van der Waals surface area (Å²) < 4.78 is 67.4. The quantitative estimate of drug-likeness (QED) is 0.0540. The molecule has 80 heavy (non-hydrogen) atoms. The maximum absolute atomic E-state index is 14.3. The second kappa shape index (κ2) is 27.4. The number of amides is 4. The molecule has 4 atom stereocenters. The normalized spacial score (nSPS) is 16.5. The smallest absolute Gasteiger partial charge is 0.350 e. The van der Waals surface area contributed by atoms with Gasteiger partial charge in [-0.1, -0.05) is 72.8 Å². The van der Waals surface area contributed by atoms with Crippen molar-refractivity contribution in [3.8, 4) is 34.5 Å². The van der Waals surface area contributed by atoms with Gasteiger partial charge in [0.05, 0.1) is 46.1 Å². The molecule has 0 aromatic heterocycles. The number of aliphatic carboxylic acids is 1. The molecule has 6 aromatic carbocycles. The Kier molecular flexibility index (Phi) is 20.2. The van der Waals surface area contributed by atoms with Crippen LogP contribution in [0, 0.1) is 11.6 Å². The first-order chi connectivity index (χ1) is 38.4. The van der Waals surface area contributed by atoms with Crippen LogP contribution in [-0.2, 0) is 40.3 Å². The van der Waals surface area contributed by atoms with Gasteiger partial charge >= 0.3 is 24.0 Å². The molecule has 424 valence electrons. The number of carboxylic acid groups (broad SMARTS) is 1. The van der Waals surface area contributed by atoms with E-state index in [2.05, 4.69) is 0 Å². The van der Waals surface area contributed by atoms with Crippen LogP contribution in [0.4, 0.5) is 18.4 Å². The zero-order valence-corrected chi connectivity index (χ0v) is 46.3. The molecular formula is C62H70F2N4O12. The Bertz CT molecular complexity index is 3040. The van der Waals surface area contributed by atoms with Gasteiger partial charge in [-0.3, -0.25) is 0 Å². The van der Waals surface area contributed by atoms with Gasteiger partial charge in [-0.25, -0.2) is 28.0 Å². The van der Waals surface area contributed by atoms with Crippen molar-refractivity contribution in [1.29, 1.82) is 0 Å². The molecule has 16 nitrogen and oxygen atoms in total. The van der Waals surface area contributed by atoms with E-state index in [0.717, 1.165) is 28.2 Å². The molecule has 0 saturated carbocycles. The summed E-state index contributed by atoms with van der Waals surface area (Å²) >= 11 is 0. The van der Waals surface area contributed by atoms with E-state index >= 15 is 0 Å². The number of carboxylic acids is 1. The van der Waals surface area contributed by atoms with E-state index in [1.807, 2.05) is 89.6 Å². The summed E-state index contributed by atoms with van der Waals surface area (Å²) in [5.74, 6) is -0.235. The SMILES string of the molecule is CCOC(=O)[C@@](C)(Cc1ccc(OCC[C@H]2CN(Cc3cccc(OC)c3)C(=O)N2C)cc1)Oc1ccccc1F.COc1cccc(CN2C[C@H](CCOc3ccc(C[C@@](C)(Oc4ccccc4F)C(=O)O)cc3)N(C)C2=O)c1. The van der Waals surface area contributed by atoms with Crippen molar-refractivity contribution >= 4 is 24.0 Å². The van der Waals surface area contributed by atoms with Gasteiger partial charge < -0.3 is 57.9 Å². The molecule has 2 aliphatic rings. The summed E-state index contributed by atoms with van der Waals surface area (Å²) in [6, 6.07) is 41.5. The number of halogens is 2. The number of methoxy groups -OCH3 is 2. The second-order valence-corrected chi connectivity index (χ2v) is 20.0. The summed E-state index contributed by atoms with van der Waals surface area (Å²) in [6.07, 6.45) is 1.55. The minimum atomic E-state index is -1.65. The number of nitrogens with zero attached hydrogens (tertiary/aromatic N) is 4. The third-order valence-corrected chi connectivity index (χ3v) is 14.0. The van der Waals surface area contributed by atoms with Crippen LogP contribution in [0.25, 0.3) is 0 Å². The van der Waals surface area contributed by atoms with Crippen molar-refractivity contribution < 1.29 is 66.2 Å². The summed E-state index contributed by atoms with van der Waals surface area (Å²) in [7, 11) is 6.86. The summed E-state index contributed by atoms with van der Waals surface area (Å²) in [6.45, 7) is 8.01. The fraction of sp³-hybridized carbons (Fsp3) is 0.355. The van der Waals surface area contributed by atoms with E-state index in [-0.39, 0.29) is 55.1 Å². The lowest BCUT2D eigenvalue weighted by Gasteiger charge is -2.28. The number of hydrogen-bond donors (Lipinski definition) is 1. The summed E-state index contributed by atoms with van der Waals surface area (Å²) in [5.41, 5.74) is 0.460. The molecule has 0 aliphatic carbocycles. The number of urea groups is 2. The number of likely N-dealkylation sites (N-methyl/N-ethyl adjacent to an activating group) is 2. The van der Waals surface area contributed by atoms with E-state index in [0.29, 0.717) is 69.3 Å². The zero-order valence-electron chi connectivity index (χ0n) is 46.3. The molecule has 18 heteroatoms. The standard InChI is InChI=1S/C32H37FN2O6.C30H33FN2O6/c1-5-39-30(36)32(2,41-29-12-7-6-11-28(29)33)20-23-13-15-26(16-14-23)40-18-17-25-22-35(31(37)34(25)3)21-24-9-8-10-27(19-24)38-4;1-30(28(34)35,39-27-10-5-4-9-26(27)31)18-21-11-13-24(14-12-21)38-16-15-23-20-33(29(36)32(23)2)19-22-7-6-8-25(17-22)37-3/h6-16,19,25H,5,17-18,20-22H2,1-4H3;4-14,17,23H,15-16,18-20H2,1-3H3,(H,34,35)/t25-,32+;23-,30+/m00/s1. The highest BCUT2D eigenvalue weighted by Gasteiger charge is 2.40. The average Bonchev–Trinajstić information content (AvgIpc) is 3.87. The first kappa shape index (κ1) is 59.1. The van der Waals surface area contributed by atoms with Crippen molar-refractivity contribution in [1.82, 2.24) is 19.6 Å². The van der Waals surface area contributed by atoms with Gasteiger partial charge in [0.15, 0.2) is 23.1 Å². The molecular weight excluding hydrogens is 1030 g/mol. The number of rotatable bonds is 25. The van der Waals surface area contributed by atoms with Crippen molar-refractivity contribution in [3.05, 3.63) is 179 Å². The molecule has 2 fully saturated rings. The summed E-state index contributed by atoms with van der Waals surface area (Å²) in [5, 5.41) is 9.78. The van der Waals surface area contributed by atoms with E-state index < -0.39 is 34.8 Å². The molecule has 0 unspecified atom stereocenters.